The van der Waals surface area contributed by atoms with Crippen LogP contribution in [0.25, 0.3) is 0 Å². The molecule has 0 aliphatic carbocycles. The molecule has 7 nitrogen and oxygen atoms in total. The summed E-state index contributed by atoms with van der Waals surface area (Å²) in [5.41, 5.74) is -0.704. The summed E-state index contributed by atoms with van der Waals surface area (Å²) < 4.78 is 69.8. The molecule has 0 radical (unpaired) electrons. The molecule has 0 saturated carbocycles. The van der Waals surface area contributed by atoms with Crippen LogP contribution in [0.5, 0.6) is 0 Å². The largest absolute Gasteiger partial charge is 0.417 e. The Hall–Kier alpha value is -2.99. The van der Waals surface area contributed by atoms with Gasteiger partial charge in [-0.1, -0.05) is 65.5 Å². The molecule has 2 atom stereocenters. The lowest BCUT2D eigenvalue weighted by molar-refractivity contribution is -0.139. The van der Waals surface area contributed by atoms with Crippen LogP contribution in [0.4, 0.5) is 18.9 Å². The summed E-state index contributed by atoms with van der Waals surface area (Å²) in [7, 11) is -4.61. The number of alkyl halides is 3. The van der Waals surface area contributed by atoms with Crippen LogP contribution in [-0.2, 0) is 32.3 Å². The summed E-state index contributed by atoms with van der Waals surface area (Å²) in [5, 5.41) is 2.53. The molecule has 2 amide bonds. The first-order chi connectivity index (χ1) is 20.5. The Morgan fingerprint density at radius 1 is 0.932 bits per heavy atom. The molecule has 3 aromatic rings. The Morgan fingerprint density at radius 3 is 2.07 bits per heavy atom. The Morgan fingerprint density at radius 2 is 1.52 bits per heavy atom. The summed E-state index contributed by atoms with van der Waals surface area (Å²) in [6, 6.07) is 11.4. The lowest BCUT2D eigenvalue weighted by Gasteiger charge is -2.33. The molecule has 0 spiro atoms. The van der Waals surface area contributed by atoms with Crippen LogP contribution in [0.1, 0.15) is 43.9 Å². The molecule has 0 aliphatic rings. The van der Waals surface area contributed by atoms with E-state index in [0.29, 0.717) is 22.4 Å². The molecule has 0 unspecified atom stereocenters. The van der Waals surface area contributed by atoms with Crippen molar-refractivity contribution in [3.8, 4) is 0 Å². The van der Waals surface area contributed by atoms with Crippen LogP contribution >= 0.6 is 34.8 Å². The van der Waals surface area contributed by atoms with Crippen LogP contribution in [-0.4, -0.2) is 43.8 Å². The van der Waals surface area contributed by atoms with Crippen LogP contribution in [0.2, 0.25) is 15.1 Å². The van der Waals surface area contributed by atoms with Crippen molar-refractivity contribution in [1.29, 1.82) is 0 Å². The molecule has 44 heavy (non-hydrogen) atoms. The number of sulfonamides is 1. The molecule has 14 heteroatoms. The van der Waals surface area contributed by atoms with Gasteiger partial charge < -0.3 is 10.2 Å². The van der Waals surface area contributed by atoms with Gasteiger partial charge in [0.05, 0.1) is 21.2 Å². The molecule has 0 heterocycles. The Balaban J connectivity index is 2.16. The number of benzene rings is 3. The van der Waals surface area contributed by atoms with E-state index in [1.165, 1.54) is 43.3 Å². The highest BCUT2D eigenvalue weighted by Crippen LogP contribution is 2.38. The predicted molar refractivity (Wildman–Crippen MR) is 167 cm³/mol. The van der Waals surface area contributed by atoms with E-state index in [9.17, 15) is 31.2 Å². The topological polar surface area (TPSA) is 86.8 Å². The minimum Gasteiger partial charge on any atom is -0.352 e. The summed E-state index contributed by atoms with van der Waals surface area (Å²) >= 11 is 18.5. The van der Waals surface area contributed by atoms with Crippen molar-refractivity contribution in [3.05, 3.63) is 92.4 Å². The first kappa shape index (κ1) is 35.5. The van der Waals surface area contributed by atoms with Crippen LogP contribution in [0, 0.1) is 6.92 Å². The van der Waals surface area contributed by atoms with E-state index in [1.807, 2.05) is 6.92 Å². The van der Waals surface area contributed by atoms with E-state index in [2.05, 4.69) is 5.32 Å². The van der Waals surface area contributed by atoms with Gasteiger partial charge >= 0.3 is 6.18 Å². The third-order valence-electron chi connectivity index (χ3n) is 6.99. The van der Waals surface area contributed by atoms with Gasteiger partial charge in [0.25, 0.3) is 10.0 Å². The van der Waals surface area contributed by atoms with Gasteiger partial charge in [-0.25, -0.2) is 8.42 Å². The standard InChI is InChI=1S/C30H31Cl3F3N3O4S/c1-5-19(3)37-29(41)20(4)38(16-23-25(31)7-6-8-26(23)32)28(40)17-39(44(42,43)22-12-9-18(2)10-13-22)21-11-14-27(33)24(15-21)30(34,35)36/h6-15,19-20H,5,16-17H2,1-4H3,(H,37,41)/t19-,20-/m0/s1. The smallest absolute Gasteiger partial charge is 0.352 e. The van der Waals surface area contributed by atoms with Gasteiger partial charge in [0, 0.05) is 28.2 Å². The second-order valence-electron chi connectivity index (χ2n) is 10.2. The van der Waals surface area contributed by atoms with E-state index in [0.717, 1.165) is 22.6 Å². The second kappa shape index (κ2) is 14.4. The Bertz CT molecular complexity index is 1600. The van der Waals surface area contributed by atoms with Gasteiger partial charge in [-0.3, -0.25) is 13.9 Å². The molecule has 3 rings (SSSR count). The third kappa shape index (κ3) is 8.38. The molecule has 0 aliphatic heterocycles. The summed E-state index contributed by atoms with van der Waals surface area (Å²) in [6.45, 7) is 5.56. The number of carbonyl (C=O) groups excluding carboxylic acids is 2. The van der Waals surface area contributed by atoms with Crippen LogP contribution < -0.4 is 9.62 Å². The maximum atomic E-state index is 14.0. The maximum Gasteiger partial charge on any atom is 0.417 e. The molecular formula is C30H31Cl3F3N3O4S. The highest BCUT2D eigenvalue weighted by Gasteiger charge is 2.37. The van der Waals surface area contributed by atoms with Gasteiger partial charge in [-0.05, 0) is 69.7 Å². The number of nitrogens with zero attached hydrogens (tertiary/aromatic N) is 2. The van der Waals surface area contributed by atoms with Crippen molar-refractivity contribution in [1.82, 2.24) is 10.2 Å². The summed E-state index contributed by atoms with van der Waals surface area (Å²) in [5.74, 6) is -1.43. The van der Waals surface area contributed by atoms with Crippen molar-refractivity contribution in [2.75, 3.05) is 10.8 Å². The minimum absolute atomic E-state index is 0.196. The average Bonchev–Trinajstić information content (AvgIpc) is 2.95. The molecule has 0 aromatic heterocycles. The predicted octanol–water partition coefficient (Wildman–Crippen LogP) is 7.50. The number of hydrogen-bond donors (Lipinski definition) is 1. The molecular weight excluding hydrogens is 662 g/mol. The van der Waals surface area contributed by atoms with Crippen molar-refractivity contribution < 1.29 is 31.2 Å². The minimum atomic E-state index is -4.91. The van der Waals surface area contributed by atoms with Crippen molar-refractivity contribution >= 4 is 62.3 Å². The highest BCUT2D eigenvalue weighted by molar-refractivity contribution is 7.92. The van der Waals surface area contributed by atoms with Gasteiger partial charge in [-0.2, -0.15) is 13.2 Å². The Labute approximate surface area is 269 Å². The fraction of sp³-hybridized carbons (Fsp3) is 0.333. The molecule has 3 aromatic carbocycles. The average molecular weight is 693 g/mol. The molecule has 1 N–H and O–H groups in total. The zero-order valence-electron chi connectivity index (χ0n) is 24.3. The van der Waals surface area contributed by atoms with Gasteiger partial charge in [0.2, 0.25) is 11.8 Å². The first-order valence-corrected chi connectivity index (χ1v) is 16.0. The van der Waals surface area contributed by atoms with Gasteiger partial charge in [-0.15, -0.1) is 0 Å². The van der Waals surface area contributed by atoms with Crippen LogP contribution in [0.15, 0.2) is 65.6 Å². The fourth-order valence-electron chi connectivity index (χ4n) is 4.15. The number of aryl methyl sites for hydroxylation is 1. The SMILES string of the molecule is CC[C@H](C)NC(=O)[C@H](C)N(Cc1c(Cl)cccc1Cl)C(=O)CN(c1ccc(Cl)c(C(F)(F)F)c1)S(=O)(=O)c1ccc(C)cc1. The second-order valence-corrected chi connectivity index (χ2v) is 13.3. The maximum absolute atomic E-state index is 14.0. The first-order valence-electron chi connectivity index (χ1n) is 13.5. The monoisotopic (exact) mass is 691 g/mol. The van der Waals surface area contributed by atoms with E-state index in [-0.39, 0.29) is 27.5 Å². The summed E-state index contributed by atoms with van der Waals surface area (Å²) in [4.78, 5) is 28.0. The number of rotatable bonds is 11. The number of amides is 2. The molecule has 238 valence electrons. The summed E-state index contributed by atoms with van der Waals surface area (Å²) in [6.07, 6.45) is -4.31. The molecule has 0 saturated heterocycles. The zero-order valence-corrected chi connectivity index (χ0v) is 27.3. The lowest BCUT2D eigenvalue weighted by atomic mass is 10.1. The number of halogens is 6. The van der Waals surface area contributed by atoms with E-state index in [1.54, 1.807) is 19.9 Å². The van der Waals surface area contributed by atoms with E-state index in [4.69, 9.17) is 34.8 Å². The number of anilines is 1. The van der Waals surface area contributed by atoms with Crippen molar-refractivity contribution in [2.24, 2.45) is 0 Å². The lowest BCUT2D eigenvalue weighted by Crippen LogP contribution is -2.52. The quantitative estimate of drug-likeness (QED) is 0.226. The molecule has 0 bridgehead atoms. The third-order valence-corrected chi connectivity index (χ3v) is 9.82. The van der Waals surface area contributed by atoms with Gasteiger partial charge in [0.15, 0.2) is 0 Å². The zero-order chi connectivity index (χ0) is 33.0. The number of hydrogen-bond acceptors (Lipinski definition) is 4. The van der Waals surface area contributed by atoms with Crippen molar-refractivity contribution in [2.45, 2.75) is 63.8 Å². The van der Waals surface area contributed by atoms with E-state index < -0.39 is 56.9 Å². The van der Waals surface area contributed by atoms with Crippen molar-refractivity contribution in [3.63, 3.8) is 0 Å². The fourth-order valence-corrected chi connectivity index (χ4v) is 6.30. The Kier molecular flexibility index (Phi) is 11.6. The van der Waals surface area contributed by atoms with Gasteiger partial charge in [0.1, 0.15) is 12.6 Å². The normalized spacial score (nSPS) is 13.2. The highest BCUT2D eigenvalue weighted by atomic mass is 35.5. The van der Waals surface area contributed by atoms with Crippen LogP contribution in [0.3, 0.4) is 0 Å². The number of nitrogens with one attached hydrogen (secondary N) is 1. The molecule has 0 fully saturated rings. The number of carbonyl (C=O) groups is 2. The van der Waals surface area contributed by atoms with E-state index >= 15 is 0 Å².